The third kappa shape index (κ3) is 2.56. The van der Waals surface area contributed by atoms with Crippen molar-refractivity contribution in [2.75, 3.05) is 14.2 Å². The lowest BCUT2D eigenvalue weighted by molar-refractivity contribution is 0.372. The van der Waals surface area contributed by atoms with Gasteiger partial charge in [-0.1, -0.05) is 0 Å². The summed E-state index contributed by atoms with van der Waals surface area (Å²) < 4.78 is 33.0. The van der Waals surface area contributed by atoms with Crippen LogP contribution in [0.5, 0.6) is 11.5 Å². The lowest BCUT2D eigenvalue weighted by Crippen LogP contribution is -2.00. The van der Waals surface area contributed by atoms with Gasteiger partial charge in [-0.2, -0.15) is 0 Å². The Hall–Kier alpha value is -0.460. The van der Waals surface area contributed by atoms with Gasteiger partial charge in [-0.05, 0) is 28.1 Å². The first-order chi connectivity index (χ1) is 6.91. The van der Waals surface area contributed by atoms with Crippen molar-refractivity contribution in [2.45, 2.75) is 4.90 Å². The van der Waals surface area contributed by atoms with E-state index < -0.39 is 9.05 Å². The molecule has 1 aromatic carbocycles. The first-order valence-electron chi connectivity index (χ1n) is 3.77. The van der Waals surface area contributed by atoms with Crippen LogP contribution >= 0.6 is 26.6 Å². The molecule has 0 bridgehead atoms. The second kappa shape index (κ2) is 4.59. The minimum absolute atomic E-state index is 0.129. The van der Waals surface area contributed by atoms with E-state index in [1.165, 1.54) is 20.3 Å². The maximum Gasteiger partial charge on any atom is 0.268 e. The Morgan fingerprint density at radius 3 is 2.27 bits per heavy atom. The lowest BCUT2D eigenvalue weighted by atomic mass is 10.3. The molecule has 0 saturated carbocycles. The molecule has 0 saturated heterocycles. The van der Waals surface area contributed by atoms with Gasteiger partial charge >= 0.3 is 0 Å². The molecule has 1 aromatic rings. The van der Waals surface area contributed by atoms with E-state index in [4.69, 9.17) is 20.2 Å². The Balaban J connectivity index is 3.63. The quantitative estimate of drug-likeness (QED) is 0.804. The van der Waals surface area contributed by atoms with Crippen molar-refractivity contribution in [1.82, 2.24) is 0 Å². The molecule has 0 fully saturated rings. The molecule has 0 heterocycles. The summed E-state index contributed by atoms with van der Waals surface area (Å²) in [4.78, 5) is -0.177. The Kier molecular flexibility index (Phi) is 3.86. The molecule has 0 spiro atoms. The highest BCUT2D eigenvalue weighted by Gasteiger charge is 2.24. The Labute approximate surface area is 101 Å². The summed E-state index contributed by atoms with van der Waals surface area (Å²) in [5, 5.41) is 0. The molecule has 0 aliphatic rings. The fraction of sp³-hybridized carbons (Fsp3) is 0.250. The molecule has 0 aliphatic heterocycles. The average molecular weight is 316 g/mol. The first-order valence-corrected chi connectivity index (χ1v) is 6.87. The van der Waals surface area contributed by atoms with Gasteiger partial charge in [-0.15, -0.1) is 0 Å². The summed E-state index contributed by atoms with van der Waals surface area (Å²) in [5.41, 5.74) is 0. The zero-order valence-corrected chi connectivity index (χ0v) is 11.1. The molecule has 0 aliphatic carbocycles. The van der Waals surface area contributed by atoms with Gasteiger partial charge in [0.05, 0.1) is 18.7 Å². The van der Waals surface area contributed by atoms with Crippen LogP contribution in [0.15, 0.2) is 21.5 Å². The van der Waals surface area contributed by atoms with Crippen LogP contribution in [-0.4, -0.2) is 22.6 Å². The Morgan fingerprint density at radius 1 is 1.27 bits per heavy atom. The molecular weight excluding hydrogens is 308 g/mol. The van der Waals surface area contributed by atoms with Crippen molar-refractivity contribution in [1.29, 1.82) is 0 Å². The highest BCUT2D eigenvalue weighted by atomic mass is 79.9. The van der Waals surface area contributed by atoms with E-state index in [1.54, 1.807) is 6.07 Å². The normalized spacial score (nSPS) is 11.2. The minimum atomic E-state index is -3.92. The summed E-state index contributed by atoms with van der Waals surface area (Å²) in [7, 11) is 4.08. The fourth-order valence-corrected chi connectivity index (χ4v) is 2.97. The number of ether oxygens (including phenoxy) is 2. The summed E-state index contributed by atoms with van der Waals surface area (Å²) in [5.74, 6) is 0.273. The smallest absolute Gasteiger partial charge is 0.268 e. The van der Waals surface area contributed by atoms with Crippen molar-refractivity contribution < 1.29 is 17.9 Å². The van der Waals surface area contributed by atoms with Crippen LogP contribution in [0.2, 0.25) is 0 Å². The van der Waals surface area contributed by atoms with Crippen molar-refractivity contribution in [3.63, 3.8) is 0 Å². The van der Waals surface area contributed by atoms with E-state index in [2.05, 4.69) is 15.9 Å². The average Bonchev–Trinajstić information content (AvgIpc) is 2.15. The second-order valence-electron chi connectivity index (χ2n) is 2.55. The van der Waals surface area contributed by atoms with Gasteiger partial charge in [-0.25, -0.2) is 8.42 Å². The van der Waals surface area contributed by atoms with Gasteiger partial charge in [0, 0.05) is 10.7 Å². The number of hydrogen-bond donors (Lipinski definition) is 0. The molecule has 0 atom stereocenters. The standard InChI is InChI=1S/C8H8BrClO4S/c1-13-6-4-3-5(9)7(14-2)8(6)15(10,11)12/h3-4H,1-2H3. The molecule has 15 heavy (non-hydrogen) atoms. The molecular formula is C8H8BrClO4S. The van der Waals surface area contributed by atoms with E-state index in [0.717, 1.165) is 0 Å². The number of halogens is 2. The largest absolute Gasteiger partial charge is 0.495 e. The lowest BCUT2D eigenvalue weighted by Gasteiger charge is -2.11. The van der Waals surface area contributed by atoms with Crippen molar-refractivity contribution in [3.8, 4) is 11.5 Å². The van der Waals surface area contributed by atoms with Crippen molar-refractivity contribution in [2.24, 2.45) is 0 Å². The molecule has 0 aromatic heterocycles. The van der Waals surface area contributed by atoms with Gasteiger partial charge in [0.2, 0.25) is 0 Å². The molecule has 7 heteroatoms. The van der Waals surface area contributed by atoms with Crippen molar-refractivity contribution in [3.05, 3.63) is 16.6 Å². The van der Waals surface area contributed by atoms with Gasteiger partial charge < -0.3 is 9.47 Å². The number of rotatable bonds is 3. The van der Waals surface area contributed by atoms with Crippen LogP contribution in [0.25, 0.3) is 0 Å². The molecule has 4 nitrogen and oxygen atoms in total. The molecule has 84 valence electrons. The molecule has 0 unspecified atom stereocenters. The summed E-state index contributed by atoms with van der Waals surface area (Å²) >= 11 is 3.16. The van der Waals surface area contributed by atoms with E-state index >= 15 is 0 Å². The third-order valence-corrected chi connectivity index (χ3v) is 3.66. The molecule has 0 radical (unpaired) electrons. The van der Waals surface area contributed by atoms with Gasteiger partial charge in [0.1, 0.15) is 5.75 Å². The van der Waals surface area contributed by atoms with Gasteiger partial charge in [-0.3, -0.25) is 0 Å². The Bertz CT molecular complexity index is 472. The van der Waals surface area contributed by atoms with Crippen LogP contribution in [0.1, 0.15) is 0 Å². The molecule has 0 N–H and O–H groups in total. The Morgan fingerprint density at radius 2 is 1.87 bits per heavy atom. The highest BCUT2D eigenvalue weighted by molar-refractivity contribution is 9.10. The van der Waals surface area contributed by atoms with E-state index in [0.29, 0.717) is 4.47 Å². The summed E-state index contributed by atoms with van der Waals surface area (Å²) in [6.07, 6.45) is 0. The van der Waals surface area contributed by atoms with E-state index in [-0.39, 0.29) is 16.4 Å². The van der Waals surface area contributed by atoms with Gasteiger partial charge in [0.15, 0.2) is 10.6 Å². The molecule has 0 amide bonds. The predicted molar refractivity (Wildman–Crippen MR) is 60.3 cm³/mol. The first kappa shape index (κ1) is 12.6. The number of benzene rings is 1. The highest BCUT2D eigenvalue weighted by Crippen LogP contribution is 2.40. The molecule has 1 rings (SSSR count). The van der Waals surface area contributed by atoms with E-state index in [9.17, 15) is 8.42 Å². The van der Waals surface area contributed by atoms with Crippen molar-refractivity contribution >= 4 is 35.7 Å². The van der Waals surface area contributed by atoms with Crippen LogP contribution in [0.4, 0.5) is 0 Å². The maximum atomic E-state index is 11.3. The monoisotopic (exact) mass is 314 g/mol. The minimum Gasteiger partial charge on any atom is -0.495 e. The summed E-state index contributed by atoms with van der Waals surface area (Å²) in [6, 6.07) is 3.10. The summed E-state index contributed by atoms with van der Waals surface area (Å²) in [6.45, 7) is 0. The topological polar surface area (TPSA) is 52.6 Å². The second-order valence-corrected chi connectivity index (χ2v) is 5.91. The van der Waals surface area contributed by atoms with Crippen LogP contribution in [0.3, 0.4) is 0 Å². The number of methoxy groups -OCH3 is 2. The maximum absolute atomic E-state index is 11.3. The van der Waals surface area contributed by atoms with Crippen LogP contribution < -0.4 is 9.47 Å². The predicted octanol–water partition coefficient (Wildman–Crippen LogP) is 2.39. The fourth-order valence-electron chi connectivity index (χ4n) is 1.10. The van der Waals surface area contributed by atoms with Crippen LogP contribution in [0, 0.1) is 0 Å². The SMILES string of the molecule is COc1ccc(Br)c(OC)c1S(=O)(=O)Cl. The zero-order valence-electron chi connectivity index (χ0n) is 7.95. The zero-order chi connectivity index (χ0) is 11.6. The van der Waals surface area contributed by atoms with Gasteiger partial charge in [0.25, 0.3) is 9.05 Å². The third-order valence-electron chi connectivity index (χ3n) is 1.70. The number of hydrogen-bond acceptors (Lipinski definition) is 4. The van der Waals surface area contributed by atoms with E-state index in [1.807, 2.05) is 0 Å². The van der Waals surface area contributed by atoms with Crippen LogP contribution in [-0.2, 0) is 9.05 Å².